The molecule has 1 aliphatic rings. The standard InChI is InChI=1S/C27H20N2O2/c30-26-23-15-14-19(21-12-4-8-17-7-3-11-20(17)21)16-24(23)28-27(31)29(26)25-13-5-9-18-6-1-2-10-22(18)25/h1-2,4-6,8-10,12-16H,3,7,11H2,(H,28,31). The molecule has 1 heterocycles. The molecular formula is C27H20N2O2. The topological polar surface area (TPSA) is 54.9 Å². The maximum Gasteiger partial charge on any atom is 0.333 e. The second kappa shape index (κ2) is 6.81. The first-order valence-corrected chi connectivity index (χ1v) is 10.6. The minimum absolute atomic E-state index is 0.306. The van der Waals surface area contributed by atoms with Gasteiger partial charge in [0.05, 0.1) is 16.6 Å². The lowest BCUT2D eigenvalue weighted by atomic mass is 9.96. The van der Waals surface area contributed by atoms with Crippen molar-refractivity contribution in [2.45, 2.75) is 19.3 Å². The van der Waals surface area contributed by atoms with E-state index in [2.05, 4.69) is 23.2 Å². The molecule has 0 saturated carbocycles. The Balaban J connectivity index is 1.58. The molecule has 0 bridgehead atoms. The number of nitrogens with one attached hydrogen (secondary N) is 1. The van der Waals surface area contributed by atoms with Gasteiger partial charge in [-0.1, -0.05) is 60.7 Å². The lowest BCUT2D eigenvalue weighted by molar-refractivity contribution is 0.908. The predicted molar refractivity (Wildman–Crippen MR) is 125 cm³/mol. The van der Waals surface area contributed by atoms with Crippen LogP contribution in [0, 0.1) is 0 Å². The number of benzene rings is 4. The molecule has 5 aromatic rings. The third-order valence-corrected chi connectivity index (χ3v) is 6.36. The second-order valence-corrected chi connectivity index (χ2v) is 8.13. The van der Waals surface area contributed by atoms with E-state index in [-0.39, 0.29) is 5.56 Å². The number of rotatable bonds is 2. The largest absolute Gasteiger partial charge is 0.333 e. The van der Waals surface area contributed by atoms with Gasteiger partial charge in [-0.2, -0.15) is 0 Å². The minimum Gasteiger partial charge on any atom is -0.306 e. The Hall–Kier alpha value is -3.92. The molecule has 1 aromatic heterocycles. The number of nitrogens with zero attached hydrogens (tertiary/aromatic N) is 1. The van der Waals surface area contributed by atoms with Gasteiger partial charge < -0.3 is 4.98 Å². The van der Waals surface area contributed by atoms with Gasteiger partial charge in [-0.15, -0.1) is 0 Å². The first-order chi connectivity index (χ1) is 15.2. The number of H-pyrrole nitrogens is 1. The van der Waals surface area contributed by atoms with Gasteiger partial charge in [-0.05, 0) is 65.1 Å². The van der Waals surface area contributed by atoms with Crippen LogP contribution in [0.5, 0.6) is 0 Å². The van der Waals surface area contributed by atoms with Gasteiger partial charge in [0, 0.05) is 5.39 Å². The SMILES string of the molecule is O=c1[nH]c2cc(-c3cccc4c3CCC4)ccc2c(=O)n1-c1cccc2ccccc12. The average Bonchev–Trinajstić information content (AvgIpc) is 3.28. The van der Waals surface area contributed by atoms with Crippen LogP contribution in [-0.2, 0) is 12.8 Å². The van der Waals surface area contributed by atoms with Gasteiger partial charge >= 0.3 is 5.69 Å². The summed E-state index contributed by atoms with van der Waals surface area (Å²) in [6, 6.07) is 25.6. The summed E-state index contributed by atoms with van der Waals surface area (Å²) >= 11 is 0. The zero-order valence-electron chi connectivity index (χ0n) is 16.9. The summed E-state index contributed by atoms with van der Waals surface area (Å²) in [5.41, 5.74) is 5.44. The van der Waals surface area contributed by atoms with Crippen LogP contribution in [0.4, 0.5) is 0 Å². The van der Waals surface area contributed by atoms with E-state index >= 15 is 0 Å². The van der Waals surface area contributed by atoms with E-state index in [1.54, 1.807) is 0 Å². The van der Waals surface area contributed by atoms with Crippen molar-refractivity contribution in [1.82, 2.24) is 9.55 Å². The Morgan fingerprint density at radius 3 is 2.55 bits per heavy atom. The van der Waals surface area contributed by atoms with E-state index in [1.807, 2.05) is 60.7 Å². The quantitative estimate of drug-likeness (QED) is 0.451. The van der Waals surface area contributed by atoms with Crippen LogP contribution in [0.3, 0.4) is 0 Å². The highest BCUT2D eigenvalue weighted by Crippen LogP contribution is 2.33. The minimum atomic E-state index is -0.427. The van der Waals surface area contributed by atoms with E-state index in [1.165, 1.54) is 27.7 Å². The van der Waals surface area contributed by atoms with Crippen molar-refractivity contribution < 1.29 is 0 Å². The summed E-state index contributed by atoms with van der Waals surface area (Å²) in [5.74, 6) is 0. The molecule has 1 N–H and O–H groups in total. The van der Waals surface area contributed by atoms with E-state index in [0.717, 1.165) is 29.2 Å². The lowest BCUT2D eigenvalue weighted by Gasteiger charge is -2.12. The third-order valence-electron chi connectivity index (χ3n) is 6.36. The fourth-order valence-electron chi connectivity index (χ4n) is 4.90. The molecule has 4 nitrogen and oxygen atoms in total. The molecule has 0 spiro atoms. The molecule has 0 amide bonds. The number of aromatic nitrogens is 2. The van der Waals surface area contributed by atoms with E-state index in [0.29, 0.717) is 16.6 Å². The first-order valence-electron chi connectivity index (χ1n) is 10.6. The van der Waals surface area contributed by atoms with Crippen LogP contribution < -0.4 is 11.2 Å². The molecule has 1 aliphatic carbocycles. The Bertz CT molecular complexity index is 1600. The third kappa shape index (κ3) is 2.76. The molecule has 4 heteroatoms. The molecule has 4 aromatic carbocycles. The summed E-state index contributed by atoms with van der Waals surface area (Å²) in [6.07, 6.45) is 3.36. The fourth-order valence-corrected chi connectivity index (χ4v) is 4.90. The van der Waals surface area contributed by atoms with Gasteiger partial charge in [-0.3, -0.25) is 4.79 Å². The summed E-state index contributed by atoms with van der Waals surface area (Å²) < 4.78 is 1.24. The van der Waals surface area contributed by atoms with E-state index in [4.69, 9.17) is 0 Å². The number of hydrogen-bond donors (Lipinski definition) is 1. The Morgan fingerprint density at radius 2 is 1.61 bits per heavy atom. The Labute approximate surface area is 178 Å². The summed E-state index contributed by atoms with van der Waals surface area (Å²) in [6.45, 7) is 0. The molecular weight excluding hydrogens is 384 g/mol. The molecule has 150 valence electrons. The first kappa shape index (κ1) is 17.9. The monoisotopic (exact) mass is 404 g/mol. The number of fused-ring (bicyclic) bond motifs is 3. The average molecular weight is 404 g/mol. The van der Waals surface area contributed by atoms with Crippen LogP contribution in [0.15, 0.2) is 88.5 Å². The van der Waals surface area contributed by atoms with Crippen molar-refractivity contribution in [2.75, 3.05) is 0 Å². The van der Waals surface area contributed by atoms with Gasteiger partial charge in [0.15, 0.2) is 0 Å². The molecule has 0 aliphatic heterocycles. The van der Waals surface area contributed by atoms with Crippen molar-refractivity contribution in [1.29, 1.82) is 0 Å². The smallest absolute Gasteiger partial charge is 0.306 e. The van der Waals surface area contributed by atoms with Crippen LogP contribution in [0.1, 0.15) is 17.5 Å². The highest BCUT2D eigenvalue weighted by Gasteiger charge is 2.17. The van der Waals surface area contributed by atoms with Gasteiger partial charge in [0.2, 0.25) is 0 Å². The Kier molecular flexibility index (Phi) is 3.93. The molecule has 31 heavy (non-hydrogen) atoms. The number of aromatic amines is 1. The molecule has 0 unspecified atom stereocenters. The number of hydrogen-bond acceptors (Lipinski definition) is 2. The number of aryl methyl sites for hydroxylation is 1. The summed E-state index contributed by atoms with van der Waals surface area (Å²) in [7, 11) is 0. The molecule has 0 saturated heterocycles. The van der Waals surface area contributed by atoms with E-state index < -0.39 is 5.69 Å². The maximum absolute atomic E-state index is 13.4. The van der Waals surface area contributed by atoms with Crippen molar-refractivity contribution in [2.24, 2.45) is 0 Å². The molecule has 0 fully saturated rings. The highest BCUT2D eigenvalue weighted by molar-refractivity contribution is 5.91. The zero-order chi connectivity index (χ0) is 20.9. The van der Waals surface area contributed by atoms with Gasteiger partial charge in [0.25, 0.3) is 5.56 Å². The van der Waals surface area contributed by atoms with Crippen LogP contribution in [0.25, 0.3) is 38.5 Å². The molecule has 6 rings (SSSR count). The van der Waals surface area contributed by atoms with Crippen LogP contribution in [-0.4, -0.2) is 9.55 Å². The zero-order valence-corrected chi connectivity index (χ0v) is 16.9. The van der Waals surface area contributed by atoms with Crippen molar-refractivity contribution in [3.8, 4) is 16.8 Å². The van der Waals surface area contributed by atoms with Gasteiger partial charge in [0.1, 0.15) is 0 Å². The molecule has 0 radical (unpaired) electrons. The van der Waals surface area contributed by atoms with Crippen molar-refractivity contribution >= 4 is 21.7 Å². The van der Waals surface area contributed by atoms with Gasteiger partial charge in [-0.25, -0.2) is 9.36 Å². The van der Waals surface area contributed by atoms with Crippen molar-refractivity contribution in [3.63, 3.8) is 0 Å². The van der Waals surface area contributed by atoms with Crippen LogP contribution in [0.2, 0.25) is 0 Å². The maximum atomic E-state index is 13.4. The molecule has 0 atom stereocenters. The summed E-state index contributed by atoms with van der Waals surface area (Å²) in [4.78, 5) is 29.4. The predicted octanol–water partition coefficient (Wildman–Crippen LogP) is 4.99. The van der Waals surface area contributed by atoms with E-state index in [9.17, 15) is 9.59 Å². The Morgan fingerprint density at radius 1 is 0.774 bits per heavy atom. The highest BCUT2D eigenvalue weighted by atomic mass is 16.2. The summed E-state index contributed by atoms with van der Waals surface area (Å²) in [5, 5.41) is 2.36. The van der Waals surface area contributed by atoms with Crippen molar-refractivity contribution in [3.05, 3.63) is 111 Å². The lowest BCUT2D eigenvalue weighted by Crippen LogP contribution is -2.33. The normalized spacial score (nSPS) is 13.0. The fraction of sp³-hybridized carbons (Fsp3) is 0.111. The second-order valence-electron chi connectivity index (χ2n) is 8.13. The van der Waals surface area contributed by atoms with Crippen LogP contribution >= 0.6 is 0 Å².